The number of amides is 1. The van der Waals surface area contributed by atoms with Gasteiger partial charge in [0.05, 0.1) is 12.2 Å². The van der Waals surface area contributed by atoms with E-state index in [4.69, 9.17) is 5.73 Å². The number of hydrogen-bond donors (Lipinski definition) is 3. The molecule has 7 heteroatoms. The quantitative estimate of drug-likeness (QED) is 0.678. The normalized spacial score (nSPS) is 27.8. The number of nitrogens with zero attached hydrogens (tertiary/aromatic N) is 3. The second kappa shape index (κ2) is 5.26. The third-order valence-electron chi connectivity index (χ3n) is 3.98. The van der Waals surface area contributed by atoms with Crippen molar-refractivity contribution < 1.29 is 4.79 Å². The van der Waals surface area contributed by atoms with Crippen molar-refractivity contribution in [3.63, 3.8) is 0 Å². The van der Waals surface area contributed by atoms with Crippen LogP contribution in [0.3, 0.4) is 0 Å². The highest BCUT2D eigenvalue weighted by Gasteiger charge is 2.24. The van der Waals surface area contributed by atoms with Gasteiger partial charge in [-0.3, -0.25) is 4.79 Å². The van der Waals surface area contributed by atoms with Crippen LogP contribution >= 0.6 is 0 Å². The van der Waals surface area contributed by atoms with Gasteiger partial charge in [0, 0.05) is 25.2 Å². The van der Waals surface area contributed by atoms with Crippen LogP contribution < -0.4 is 16.4 Å². The summed E-state index contributed by atoms with van der Waals surface area (Å²) in [6.07, 6.45) is 5.59. The molecule has 0 unspecified atom stereocenters. The molecule has 1 aliphatic heterocycles. The first-order chi connectivity index (χ1) is 9.22. The Kier molecular flexibility index (Phi) is 3.48. The summed E-state index contributed by atoms with van der Waals surface area (Å²) < 4.78 is 1.77. The summed E-state index contributed by atoms with van der Waals surface area (Å²) in [6.45, 7) is 1.79. The number of nitrogens with two attached hydrogens (primary N) is 1. The zero-order valence-electron chi connectivity index (χ0n) is 10.9. The summed E-state index contributed by atoms with van der Waals surface area (Å²) >= 11 is 0. The van der Waals surface area contributed by atoms with Crippen molar-refractivity contribution in [1.29, 1.82) is 0 Å². The monoisotopic (exact) mass is 264 g/mol. The van der Waals surface area contributed by atoms with Crippen LogP contribution in [-0.4, -0.2) is 46.1 Å². The summed E-state index contributed by atoms with van der Waals surface area (Å²) in [6, 6.07) is 0.852. The third-order valence-corrected chi connectivity index (χ3v) is 3.98. The molecule has 7 nitrogen and oxygen atoms in total. The summed E-state index contributed by atoms with van der Waals surface area (Å²) in [5.41, 5.74) is 6.26. The Morgan fingerprint density at radius 2 is 2.11 bits per heavy atom. The molecule has 1 amide bonds. The molecule has 1 aromatic rings. The number of carbonyl (C=O) groups excluding carboxylic acids is 1. The molecule has 3 rings (SSSR count). The summed E-state index contributed by atoms with van der Waals surface area (Å²) in [5.74, 6) is -0.126. The van der Waals surface area contributed by atoms with Gasteiger partial charge in [0.15, 0.2) is 5.69 Å². The maximum atomic E-state index is 12.1. The first-order valence-corrected chi connectivity index (χ1v) is 6.91. The zero-order valence-corrected chi connectivity index (χ0v) is 10.9. The van der Waals surface area contributed by atoms with Crippen molar-refractivity contribution in [2.45, 2.75) is 43.8 Å². The van der Waals surface area contributed by atoms with E-state index in [0.717, 1.165) is 38.8 Å². The van der Waals surface area contributed by atoms with Gasteiger partial charge in [-0.1, -0.05) is 5.21 Å². The Hall–Kier alpha value is -1.47. The molecule has 0 aromatic carbocycles. The van der Waals surface area contributed by atoms with Crippen LogP contribution in [-0.2, 0) is 0 Å². The lowest BCUT2D eigenvalue weighted by atomic mass is 9.92. The van der Waals surface area contributed by atoms with E-state index in [9.17, 15) is 4.79 Å². The zero-order chi connectivity index (χ0) is 13.2. The van der Waals surface area contributed by atoms with E-state index in [2.05, 4.69) is 20.9 Å². The third kappa shape index (κ3) is 2.76. The van der Waals surface area contributed by atoms with E-state index in [0.29, 0.717) is 17.8 Å². The Morgan fingerprint density at radius 3 is 2.74 bits per heavy atom. The number of hydrogen-bond acceptors (Lipinski definition) is 5. The van der Waals surface area contributed by atoms with Crippen LogP contribution in [0.25, 0.3) is 0 Å². The second-order valence-electron chi connectivity index (χ2n) is 5.48. The molecule has 2 heterocycles. The van der Waals surface area contributed by atoms with Crippen molar-refractivity contribution in [3.05, 3.63) is 11.9 Å². The number of nitrogens with one attached hydrogen (secondary N) is 2. The maximum Gasteiger partial charge on any atom is 0.273 e. The van der Waals surface area contributed by atoms with Crippen LogP contribution in [0.5, 0.6) is 0 Å². The first kappa shape index (κ1) is 12.6. The lowest BCUT2D eigenvalue weighted by Crippen LogP contribution is -2.43. The lowest BCUT2D eigenvalue weighted by Gasteiger charge is -2.26. The highest BCUT2D eigenvalue weighted by atomic mass is 16.2. The van der Waals surface area contributed by atoms with Crippen molar-refractivity contribution in [1.82, 2.24) is 25.6 Å². The molecule has 0 bridgehead atoms. The average molecular weight is 264 g/mol. The van der Waals surface area contributed by atoms with Gasteiger partial charge in [-0.2, -0.15) is 0 Å². The van der Waals surface area contributed by atoms with Crippen LogP contribution in [0.2, 0.25) is 0 Å². The Bertz CT molecular complexity index is 447. The first-order valence-electron chi connectivity index (χ1n) is 6.91. The molecule has 0 spiro atoms. The fourth-order valence-corrected chi connectivity index (χ4v) is 2.54. The van der Waals surface area contributed by atoms with Crippen LogP contribution in [0.4, 0.5) is 0 Å². The lowest BCUT2D eigenvalue weighted by molar-refractivity contribution is 0.0920. The van der Waals surface area contributed by atoms with Crippen LogP contribution in [0.1, 0.15) is 42.2 Å². The SMILES string of the molecule is NC1CCC(NC(=O)c2cn(C3CNC3)nn2)CC1. The van der Waals surface area contributed by atoms with E-state index in [1.54, 1.807) is 10.9 Å². The highest BCUT2D eigenvalue weighted by Crippen LogP contribution is 2.17. The minimum absolute atomic E-state index is 0.126. The fraction of sp³-hybridized carbons (Fsp3) is 0.750. The molecule has 1 saturated heterocycles. The molecular formula is C12H20N6O. The predicted octanol–water partition coefficient (Wildman–Crippen LogP) is -0.578. The Labute approximate surface area is 111 Å². The molecular weight excluding hydrogens is 244 g/mol. The van der Waals surface area contributed by atoms with Gasteiger partial charge in [-0.25, -0.2) is 4.68 Å². The van der Waals surface area contributed by atoms with Crippen molar-refractivity contribution in [2.75, 3.05) is 13.1 Å². The van der Waals surface area contributed by atoms with Gasteiger partial charge in [0.2, 0.25) is 0 Å². The number of rotatable bonds is 3. The van der Waals surface area contributed by atoms with E-state index < -0.39 is 0 Å². The predicted molar refractivity (Wildman–Crippen MR) is 69.6 cm³/mol. The Morgan fingerprint density at radius 1 is 1.37 bits per heavy atom. The van der Waals surface area contributed by atoms with Gasteiger partial charge < -0.3 is 16.4 Å². The molecule has 1 saturated carbocycles. The van der Waals surface area contributed by atoms with E-state index in [1.807, 2.05) is 0 Å². The van der Waals surface area contributed by atoms with Crippen LogP contribution in [0, 0.1) is 0 Å². The number of carbonyl (C=O) groups is 1. The molecule has 2 fully saturated rings. The summed E-state index contributed by atoms with van der Waals surface area (Å²) in [5, 5.41) is 14.1. The van der Waals surface area contributed by atoms with Gasteiger partial charge >= 0.3 is 0 Å². The average Bonchev–Trinajstić information content (AvgIpc) is 2.79. The number of aromatic nitrogens is 3. The van der Waals surface area contributed by atoms with E-state index >= 15 is 0 Å². The van der Waals surface area contributed by atoms with Gasteiger partial charge in [-0.15, -0.1) is 5.10 Å². The molecule has 1 aliphatic carbocycles. The van der Waals surface area contributed by atoms with Crippen LogP contribution in [0.15, 0.2) is 6.20 Å². The minimum Gasteiger partial charge on any atom is -0.348 e. The van der Waals surface area contributed by atoms with Gasteiger partial charge in [0.25, 0.3) is 5.91 Å². The van der Waals surface area contributed by atoms with E-state index in [1.165, 1.54) is 0 Å². The van der Waals surface area contributed by atoms with Gasteiger partial charge in [-0.05, 0) is 25.7 Å². The maximum absolute atomic E-state index is 12.1. The van der Waals surface area contributed by atoms with Crippen molar-refractivity contribution in [2.24, 2.45) is 5.73 Å². The van der Waals surface area contributed by atoms with Crippen molar-refractivity contribution in [3.8, 4) is 0 Å². The molecule has 0 atom stereocenters. The Balaban J connectivity index is 1.56. The van der Waals surface area contributed by atoms with Gasteiger partial charge in [0.1, 0.15) is 0 Å². The minimum atomic E-state index is -0.126. The topological polar surface area (TPSA) is 97.9 Å². The highest BCUT2D eigenvalue weighted by molar-refractivity contribution is 5.92. The molecule has 104 valence electrons. The summed E-state index contributed by atoms with van der Waals surface area (Å²) in [4.78, 5) is 12.1. The largest absolute Gasteiger partial charge is 0.348 e. The summed E-state index contributed by atoms with van der Waals surface area (Å²) in [7, 11) is 0. The smallest absolute Gasteiger partial charge is 0.273 e. The molecule has 19 heavy (non-hydrogen) atoms. The molecule has 4 N–H and O–H groups in total. The van der Waals surface area contributed by atoms with E-state index in [-0.39, 0.29) is 11.9 Å². The molecule has 0 radical (unpaired) electrons. The molecule has 1 aromatic heterocycles. The fourth-order valence-electron chi connectivity index (χ4n) is 2.54. The second-order valence-corrected chi connectivity index (χ2v) is 5.48. The standard InChI is InChI=1S/C12H20N6O/c13-8-1-3-9(4-2-8)15-12(19)11-7-18(17-16-11)10-5-14-6-10/h7-10,14H,1-6,13H2,(H,15,19). The molecule has 2 aliphatic rings. The van der Waals surface area contributed by atoms with Crippen molar-refractivity contribution >= 4 is 5.91 Å².